The van der Waals surface area contributed by atoms with Gasteiger partial charge in [0.15, 0.2) is 11.5 Å². The van der Waals surface area contributed by atoms with E-state index in [1.165, 1.54) is 0 Å². The summed E-state index contributed by atoms with van der Waals surface area (Å²) in [5, 5.41) is 12.8. The van der Waals surface area contributed by atoms with Crippen LogP contribution in [0.2, 0.25) is 0 Å². The highest BCUT2D eigenvalue weighted by Gasteiger charge is 2.31. The Morgan fingerprint density at radius 3 is 2.88 bits per heavy atom. The molecule has 1 saturated heterocycles. The van der Waals surface area contributed by atoms with Crippen LogP contribution in [0.15, 0.2) is 18.2 Å². The fourth-order valence-corrected chi connectivity index (χ4v) is 3.14. The molecule has 2 aliphatic rings. The largest absolute Gasteiger partial charge is 0.454 e. The monoisotopic (exact) mass is 335 g/mol. The Morgan fingerprint density at radius 1 is 1.33 bits per heavy atom. The third-order valence-corrected chi connectivity index (χ3v) is 4.40. The third kappa shape index (κ3) is 3.53. The number of piperidine rings is 1. The Hall–Kier alpha value is -2.48. The van der Waals surface area contributed by atoms with E-state index in [2.05, 4.69) is 5.32 Å². The van der Waals surface area contributed by atoms with Gasteiger partial charge >= 0.3 is 6.03 Å². The van der Waals surface area contributed by atoms with Crippen molar-refractivity contribution in [2.24, 2.45) is 5.73 Å². The molecule has 8 nitrogen and oxygen atoms in total. The number of carbonyl (C=O) groups excluding carboxylic acids is 2. The topological polar surface area (TPSA) is 114 Å². The smallest absolute Gasteiger partial charge is 0.312 e. The van der Waals surface area contributed by atoms with Gasteiger partial charge in [-0.2, -0.15) is 0 Å². The van der Waals surface area contributed by atoms with Crippen molar-refractivity contribution in [2.75, 3.05) is 26.4 Å². The minimum Gasteiger partial charge on any atom is -0.454 e. The molecule has 0 spiro atoms. The zero-order chi connectivity index (χ0) is 17.1. The molecular formula is C16H21N3O5. The first-order valence-electron chi connectivity index (χ1n) is 7.93. The van der Waals surface area contributed by atoms with Crippen LogP contribution in [0.25, 0.3) is 0 Å². The summed E-state index contributed by atoms with van der Waals surface area (Å²) in [6.45, 7) is 1.25. The summed E-state index contributed by atoms with van der Waals surface area (Å²) in [4.78, 5) is 24.3. The molecule has 0 aromatic heterocycles. The molecule has 4 N–H and O–H groups in total. The van der Waals surface area contributed by atoms with Crippen LogP contribution in [0.5, 0.6) is 11.5 Å². The lowest BCUT2D eigenvalue weighted by Crippen LogP contribution is -2.46. The minimum absolute atomic E-state index is 0.0488. The van der Waals surface area contributed by atoms with Crippen molar-refractivity contribution in [3.8, 4) is 11.5 Å². The number of nitrogens with one attached hydrogen (secondary N) is 1. The predicted molar refractivity (Wildman–Crippen MR) is 84.7 cm³/mol. The van der Waals surface area contributed by atoms with E-state index in [1.807, 2.05) is 18.2 Å². The number of nitrogens with two attached hydrogens (primary N) is 1. The average Bonchev–Trinajstić information content (AvgIpc) is 3.01. The highest BCUT2D eigenvalue weighted by Crippen LogP contribution is 2.37. The van der Waals surface area contributed by atoms with Crippen LogP contribution in [0.4, 0.5) is 4.79 Å². The Bertz CT molecular complexity index is 636. The first kappa shape index (κ1) is 16.4. The number of aliphatic hydroxyl groups is 1. The Kier molecular flexibility index (Phi) is 4.75. The van der Waals surface area contributed by atoms with Crippen LogP contribution in [-0.4, -0.2) is 54.5 Å². The van der Waals surface area contributed by atoms with E-state index >= 15 is 0 Å². The lowest BCUT2D eigenvalue weighted by Gasteiger charge is -2.36. The number of carbonyl (C=O) groups is 2. The number of ether oxygens (including phenoxy) is 2. The van der Waals surface area contributed by atoms with Gasteiger partial charge in [-0.05, 0) is 24.1 Å². The molecule has 1 aromatic rings. The van der Waals surface area contributed by atoms with Crippen LogP contribution in [-0.2, 0) is 4.79 Å². The molecule has 1 aromatic carbocycles. The van der Waals surface area contributed by atoms with Gasteiger partial charge in [-0.15, -0.1) is 0 Å². The maximum atomic E-state index is 12.1. The van der Waals surface area contributed by atoms with E-state index in [0.29, 0.717) is 24.5 Å². The summed E-state index contributed by atoms with van der Waals surface area (Å²) >= 11 is 0. The van der Waals surface area contributed by atoms with Gasteiger partial charge in [0.2, 0.25) is 12.7 Å². The number of hydrogen-bond acceptors (Lipinski definition) is 5. The van der Waals surface area contributed by atoms with Gasteiger partial charge in [-0.25, -0.2) is 4.79 Å². The number of nitrogens with zero attached hydrogens (tertiary/aromatic N) is 1. The molecule has 0 unspecified atom stereocenters. The summed E-state index contributed by atoms with van der Waals surface area (Å²) in [5.74, 6) is 1.25. The number of rotatable bonds is 4. The number of likely N-dealkylation sites (tertiary alicyclic amines) is 1. The van der Waals surface area contributed by atoms with Crippen molar-refractivity contribution in [2.45, 2.75) is 24.9 Å². The fourth-order valence-electron chi connectivity index (χ4n) is 3.14. The van der Waals surface area contributed by atoms with Gasteiger partial charge in [-0.1, -0.05) is 6.07 Å². The van der Waals surface area contributed by atoms with E-state index in [1.54, 1.807) is 4.90 Å². The lowest BCUT2D eigenvalue weighted by molar-refractivity contribution is -0.134. The highest BCUT2D eigenvalue weighted by atomic mass is 16.7. The average molecular weight is 335 g/mol. The molecule has 2 aliphatic heterocycles. The lowest BCUT2D eigenvalue weighted by atomic mass is 9.87. The first-order valence-corrected chi connectivity index (χ1v) is 7.93. The molecule has 3 rings (SSSR count). The molecular weight excluding hydrogens is 314 g/mol. The van der Waals surface area contributed by atoms with E-state index in [0.717, 1.165) is 5.56 Å². The van der Waals surface area contributed by atoms with Gasteiger partial charge in [0.05, 0.1) is 6.10 Å². The zero-order valence-electron chi connectivity index (χ0n) is 13.2. The van der Waals surface area contributed by atoms with Crippen molar-refractivity contribution in [1.29, 1.82) is 0 Å². The molecule has 1 fully saturated rings. The summed E-state index contributed by atoms with van der Waals surface area (Å²) < 4.78 is 10.7. The second kappa shape index (κ2) is 6.96. The van der Waals surface area contributed by atoms with Gasteiger partial charge in [-0.3, -0.25) is 4.79 Å². The fraction of sp³-hybridized carbons (Fsp3) is 0.500. The normalized spacial score (nSPS) is 22.3. The third-order valence-electron chi connectivity index (χ3n) is 4.40. The van der Waals surface area contributed by atoms with Crippen molar-refractivity contribution >= 4 is 11.9 Å². The number of fused-ring (bicyclic) bond motifs is 1. The quantitative estimate of drug-likeness (QED) is 0.725. The van der Waals surface area contributed by atoms with Gasteiger partial charge < -0.3 is 30.5 Å². The van der Waals surface area contributed by atoms with Crippen LogP contribution < -0.4 is 20.5 Å². The number of β-amino-alcohol motifs (C(OH)–C–C–N with tert-alkyl or cyclic N) is 1. The Balaban J connectivity index is 1.57. The molecule has 2 atom stereocenters. The van der Waals surface area contributed by atoms with E-state index in [-0.39, 0.29) is 38.1 Å². The van der Waals surface area contributed by atoms with Gasteiger partial charge in [0, 0.05) is 32.0 Å². The zero-order valence-corrected chi connectivity index (χ0v) is 13.2. The first-order chi connectivity index (χ1) is 11.5. The molecule has 3 amide bonds. The predicted octanol–water partition coefficient (Wildman–Crippen LogP) is 0.150. The van der Waals surface area contributed by atoms with Gasteiger partial charge in [0.25, 0.3) is 0 Å². The summed E-state index contributed by atoms with van der Waals surface area (Å²) in [6, 6.07) is 5.02. The van der Waals surface area contributed by atoms with E-state index in [9.17, 15) is 14.7 Å². The van der Waals surface area contributed by atoms with Gasteiger partial charge in [0.1, 0.15) is 0 Å². The molecule has 130 valence electrons. The SMILES string of the molecule is NC(=O)NCCC(=O)N1CC[C@H](c2ccc3c(c2)OCO3)[C@@H](O)C1. The van der Waals surface area contributed by atoms with Crippen LogP contribution in [0.3, 0.4) is 0 Å². The maximum Gasteiger partial charge on any atom is 0.312 e. The van der Waals surface area contributed by atoms with Crippen molar-refractivity contribution < 1.29 is 24.2 Å². The standard InChI is InChI=1S/C16H21N3O5/c17-16(22)18-5-3-15(21)19-6-4-11(12(20)8-19)10-1-2-13-14(7-10)24-9-23-13/h1-2,7,11-12,20H,3-6,8-9H2,(H3,17,18,22)/t11-,12+/m1/s1. The Labute approximate surface area is 139 Å². The summed E-state index contributed by atoms with van der Waals surface area (Å²) in [5.41, 5.74) is 5.95. The van der Waals surface area contributed by atoms with E-state index in [4.69, 9.17) is 15.2 Å². The summed E-state index contributed by atoms with van der Waals surface area (Å²) in [6.07, 6.45) is 0.187. The number of amides is 3. The summed E-state index contributed by atoms with van der Waals surface area (Å²) in [7, 11) is 0. The number of primary amides is 1. The Morgan fingerprint density at radius 2 is 2.12 bits per heavy atom. The maximum absolute atomic E-state index is 12.1. The van der Waals surface area contributed by atoms with Crippen LogP contribution in [0, 0.1) is 0 Å². The molecule has 2 heterocycles. The second-order valence-electron chi connectivity index (χ2n) is 5.96. The van der Waals surface area contributed by atoms with Crippen molar-refractivity contribution in [1.82, 2.24) is 10.2 Å². The molecule has 0 radical (unpaired) electrons. The van der Waals surface area contributed by atoms with Crippen molar-refractivity contribution in [3.63, 3.8) is 0 Å². The number of hydrogen-bond donors (Lipinski definition) is 3. The molecule has 8 heteroatoms. The molecule has 0 aliphatic carbocycles. The van der Waals surface area contributed by atoms with Crippen molar-refractivity contribution in [3.05, 3.63) is 23.8 Å². The second-order valence-corrected chi connectivity index (χ2v) is 5.96. The van der Waals surface area contributed by atoms with E-state index < -0.39 is 12.1 Å². The molecule has 0 bridgehead atoms. The number of aliphatic hydroxyl groups excluding tert-OH is 1. The van der Waals surface area contributed by atoms with Crippen LogP contribution in [0.1, 0.15) is 24.3 Å². The molecule has 0 saturated carbocycles. The van der Waals surface area contributed by atoms with Crippen LogP contribution >= 0.6 is 0 Å². The number of benzene rings is 1. The minimum atomic E-state index is -0.649. The number of urea groups is 1. The highest BCUT2D eigenvalue weighted by molar-refractivity contribution is 5.78. The molecule has 24 heavy (non-hydrogen) atoms.